The lowest BCUT2D eigenvalue weighted by molar-refractivity contribution is 0.104. The highest BCUT2D eigenvalue weighted by Crippen LogP contribution is 2.46. The molecule has 0 aliphatic heterocycles. The molecule has 0 aliphatic carbocycles. The minimum atomic E-state index is -0.467. The molecule has 0 unspecified atom stereocenters. The van der Waals surface area contributed by atoms with E-state index in [1.165, 1.54) is 43.8 Å². The van der Waals surface area contributed by atoms with E-state index in [1.807, 2.05) is 0 Å². The number of fused-ring (bicyclic) bond motifs is 1. The minimum Gasteiger partial charge on any atom is -0.508 e. The maximum atomic E-state index is 12.7. The number of ether oxygens (including phenoxy) is 2. The Morgan fingerprint density at radius 3 is 2.64 bits per heavy atom. The van der Waals surface area contributed by atoms with Crippen LogP contribution in [0.5, 0.6) is 23.0 Å². The lowest BCUT2D eigenvalue weighted by Crippen LogP contribution is -2.02. The number of hydrogen-bond donors (Lipinski definition) is 2. The Morgan fingerprint density at radius 1 is 1.20 bits per heavy atom. The Balaban J connectivity index is 2.10. The Labute approximate surface area is 147 Å². The molecule has 0 aliphatic rings. The van der Waals surface area contributed by atoms with Gasteiger partial charge in [-0.25, -0.2) is 4.98 Å². The van der Waals surface area contributed by atoms with Gasteiger partial charge in [0.2, 0.25) is 0 Å². The molecule has 0 bridgehead atoms. The molecule has 0 amide bonds. The molecule has 0 saturated heterocycles. The molecule has 0 fully saturated rings. The number of thiazole rings is 1. The monoisotopic (exact) mass is 357 g/mol. The normalized spacial score (nSPS) is 11.1. The predicted octanol–water partition coefficient (Wildman–Crippen LogP) is 3.62. The topological polar surface area (TPSA) is 88.9 Å². The van der Waals surface area contributed by atoms with E-state index >= 15 is 0 Å². The van der Waals surface area contributed by atoms with E-state index in [4.69, 9.17) is 9.47 Å². The van der Waals surface area contributed by atoms with E-state index < -0.39 is 5.78 Å². The molecule has 0 radical (unpaired) electrons. The van der Waals surface area contributed by atoms with Crippen LogP contribution in [0.3, 0.4) is 0 Å². The van der Waals surface area contributed by atoms with Gasteiger partial charge in [0.25, 0.3) is 0 Å². The van der Waals surface area contributed by atoms with E-state index in [0.717, 1.165) is 0 Å². The molecule has 0 saturated carbocycles. The summed E-state index contributed by atoms with van der Waals surface area (Å²) in [5.74, 6) is -0.277. The summed E-state index contributed by atoms with van der Waals surface area (Å²) in [5.41, 5.74) is 2.67. The fraction of sp³-hybridized carbons (Fsp3) is 0.111. The summed E-state index contributed by atoms with van der Waals surface area (Å²) < 4.78 is 11.2. The number of phenolic OH excluding ortho intramolecular Hbond substituents is 2. The summed E-state index contributed by atoms with van der Waals surface area (Å²) in [6.45, 7) is 0. The van der Waals surface area contributed by atoms with Gasteiger partial charge in [0, 0.05) is 0 Å². The molecule has 128 valence electrons. The average Bonchev–Trinajstić information content (AvgIpc) is 3.08. The molecule has 3 rings (SSSR count). The SMILES string of the molecule is COc1c(C(=O)C=Cc2cccc(O)c2)c(O)c(OC)c2scnc12. The smallest absolute Gasteiger partial charge is 0.193 e. The second-order valence-electron chi connectivity index (χ2n) is 5.11. The van der Waals surface area contributed by atoms with Crippen LogP contribution < -0.4 is 9.47 Å². The van der Waals surface area contributed by atoms with Crippen molar-refractivity contribution in [3.8, 4) is 23.0 Å². The van der Waals surface area contributed by atoms with E-state index in [0.29, 0.717) is 15.8 Å². The van der Waals surface area contributed by atoms with Crippen molar-refractivity contribution in [2.45, 2.75) is 0 Å². The minimum absolute atomic E-state index is 0.0193. The zero-order valence-electron chi connectivity index (χ0n) is 13.5. The molecule has 6 nitrogen and oxygen atoms in total. The van der Waals surface area contributed by atoms with Crippen LogP contribution in [0.2, 0.25) is 0 Å². The van der Waals surface area contributed by atoms with Crippen LogP contribution in [0.4, 0.5) is 0 Å². The van der Waals surface area contributed by atoms with Crippen LogP contribution in [-0.2, 0) is 0 Å². The Bertz CT molecular complexity index is 977. The van der Waals surface area contributed by atoms with Gasteiger partial charge in [-0.05, 0) is 23.8 Å². The summed E-state index contributed by atoms with van der Waals surface area (Å²) in [7, 11) is 2.83. The van der Waals surface area contributed by atoms with Crippen molar-refractivity contribution in [2.75, 3.05) is 14.2 Å². The summed E-state index contributed by atoms with van der Waals surface area (Å²) in [6, 6.07) is 6.47. The van der Waals surface area contributed by atoms with Crippen LogP contribution in [-0.4, -0.2) is 35.2 Å². The number of nitrogens with zero attached hydrogens (tertiary/aromatic N) is 1. The van der Waals surface area contributed by atoms with Crippen molar-refractivity contribution in [1.82, 2.24) is 4.98 Å². The van der Waals surface area contributed by atoms with Gasteiger partial charge < -0.3 is 19.7 Å². The number of carbonyl (C=O) groups is 1. The first-order valence-electron chi connectivity index (χ1n) is 7.28. The Morgan fingerprint density at radius 2 is 1.96 bits per heavy atom. The molecule has 2 N–H and O–H groups in total. The number of phenols is 2. The Kier molecular flexibility index (Phi) is 4.58. The molecule has 0 spiro atoms. The maximum Gasteiger partial charge on any atom is 0.193 e. The van der Waals surface area contributed by atoms with Crippen LogP contribution in [0.25, 0.3) is 16.3 Å². The highest BCUT2D eigenvalue weighted by molar-refractivity contribution is 7.17. The van der Waals surface area contributed by atoms with Crippen molar-refractivity contribution in [2.24, 2.45) is 0 Å². The number of carbonyl (C=O) groups excluding carboxylic acids is 1. The average molecular weight is 357 g/mol. The first kappa shape index (κ1) is 16.8. The zero-order valence-corrected chi connectivity index (χ0v) is 14.3. The van der Waals surface area contributed by atoms with Crippen molar-refractivity contribution in [1.29, 1.82) is 0 Å². The van der Waals surface area contributed by atoms with Gasteiger partial charge in [0.1, 0.15) is 21.5 Å². The molecule has 3 aromatic rings. The molecular formula is C18H15NO5S. The van der Waals surface area contributed by atoms with E-state index in [2.05, 4.69) is 4.98 Å². The van der Waals surface area contributed by atoms with Crippen LogP contribution in [0, 0.1) is 0 Å². The number of methoxy groups -OCH3 is 2. The van der Waals surface area contributed by atoms with Crippen molar-refractivity contribution in [3.05, 3.63) is 47.0 Å². The van der Waals surface area contributed by atoms with E-state index in [-0.39, 0.29) is 28.6 Å². The molecule has 2 aromatic carbocycles. The molecule has 7 heteroatoms. The third-order valence-electron chi connectivity index (χ3n) is 3.62. The van der Waals surface area contributed by atoms with Gasteiger partial charge in [-0.1, -0.05) is 18.2 Å². The third-order valence-corrected chi connectivity index (χ3v) is 4.44. The van der Waals surface area contributed by atoms with Crippen molar-refractivity contribution < 1.29 is 24.5 Å². The molecular weight excluding hydrogens is 342 g/mol. The van der Waals surface area contributed by atoms with E-state index in [9.17, 15) is 15.0 Å². The van der Waals surface area contributed by atoms with Crippen LogP contribution in [0.1, 0.15) is 15.9 Å². The fourth-order valence-corrected chi connectivity index (χ4v) is 3.32. The lowest BCUT2D eigenvalue weighted by atomic mass is 10.0. The lowest BCUT2D eigenvalue weighted by Gasteiger charge is -2.12. The Hall–Kier alpha value is -3.06. The number of aromatic nitrogens is 1. The summed E-state index contributed by atoms with van der Waals surface area (Å²) >= 11 is 1.28. The number of ketones is 1. The molecule has 1 aromatic heterocycles. The maximum absolute atomic E-state index is 12.7. The largest absolute Gasteiger partial charge is 0.508 e. The first-order chi connectivity index (χ1) is 12.1. The van der Waals surface area contributed by atoms with Crippen molar-refractivity contribution in [3.63, 3.8) is 0 Å². The van der Waals surface area contributed by atoms with Gasteiger partial charge in [0.15, 0.2) is 23.0 Å². The standard InChI is InChI=1S/C18H15NO5S/c1-23-16-13(12(21)7-6-10-4-3-5-11(20)8-10)15(22)17(24-2)18-14(16)19-9-25-18/h3-9,20,22H,1-2H3. The van der Waals surface area contributed by atoms with Crippen LogP contribution >= 0.6 is 11.3 Å². The van der Waals surface area contributed by atoms with E-state index in [1.54, 1.807) is 23.7 Å². The number of rotatable bonds is 5. The molecule has 0 atom stereocenters. The van der Waals surface area contributed by atoms with Gasteiger partial charge >= 0.3 is 0 Å². The second-order valence-corrected chi connectivity index (χ2v) is 5.97. The molecule has 1 heterocycles. The van der Waals surface area contributed by atoms with Gasteiger partial charge in [-0.2, -0.15) is 0 Å². The highest BCUT2D eigenvalue weighted by Gasteiger charge is 2.26. The van der Waals surface area contributed by atoms with Gasteiger partial charge in [-0.3, -0.25) is 4.79 Å². The summed E-state index contributed by atoms with van der Waals surface area (Å²) in [5, 5.41) is 20.0. The van der Waals surface area contributed by atoms with Gasteiger partial charge in [-0.15, -0.1) is 11.3 Å². The highest BCUT2D eigenvalue weighted by atomic mass is 32.1. The number of hydrogen-bond acceptors (Lipinski definition) is 7. The first-order valence-corrected chi connectivity index (χ1v) is 8.16. The van der Waals surface area contributed by atoms with Crippen LogP contribution in [0.15, 0.2) is 35.9 Å². The number of allylic oxidation sites excluding steroid dienone is 1. The summed E-state index contributed by atoms with van der Waals surface area (Å²) in [6.07, 6.45) is 2.84. The zero-order chi connectivity index (χ0) is 18.0. The fourth-order valence-electron chi connectivity index (χ4n) is 2.52. The second kappa shape index (κ2) is 6.82. The number of aromatic hydroxyl groups is 2. The third kappa shape index (κ3) is 3.01. The number of benzene rings is 2. The quantitative estimate of drug-likeness (QED) is 0.535. The van der Waals surface area contributed by atoms with Crippen molar-refractivity contribution >= 4 is 33.4 Å². The molecule has 25 heavy (non-hydrogen) atoms. The predicted molar refractivity (Wildman–Crippen MR) is 95.9 cm³/mol. The van der Waals surface area contributed by atoms with Gasteiger partial charge in [0.05, 0.1) is 19.7 Å². The summed E-state index contributed by atoms with van der Waals surface area (Å²) in [4.78, 5) is 16.9.